The second kappa shape index (κ2) is 5.51. The van der Waals surface area contributed by atoms with Crippen molar-refractivity contribution in [2.45, 2.75) is 6.61 Å². The number of nitriles is 1. The molecule has 0 unspecified atom stereocenters. The van der Waals surface area contributed by atoms with Crippen LogP contribution in [0.25, 0.3) is 11.0 Å². The minimum absolute atomic E-state index is 0.00675. The van der Waals surface area contributed by atoms with Gasteiger partial charge in [-0.15, -0.1) is 0 Å². The third-order valence-electron chi connectivity index (χ3n) is 3.06. The average molecular weight is 277 g/mol. The second-order valence-electron chi connectivity index (χ2n) is 4.52. The van der Waals surface area contributed by atoms with Crippen LogP contribution >= 0.6 is 0 Å². The topological polar surface area (TPSA) is 63.2 Å². The van der Waals surface area contributed by atoms with E-state index in [1.165, 1.54) is 6.07 Å². The van der Waals surface area contributed by atoms with Gasteiger partial charge in [-0.1, -0.05) is 30.3 Å². The Hall–Kier alpha value is -3.06. The number of benzene rings is 2. The van der Waals surface area contributed by atoms with Gasteiger partial charge < -0.3 is 9.15 Å². The van der Waals surface area contributed by atoms with Crippen molar-refractivity contribution in [1.82, 2.24) is 0 Å². The summed E-state index contributed by atoms with van der Waals surface area (Å²) in [4.78, 5) is 11.8. The molecule has 0 atom stereocenters. The standard InChI is InChI=1S/C17H11NO3/c18-10-14-8-16(19)15-7-6-13(9-17(15)21-14)20-11-12-4-2-1-3-5-12/h1-9H,11H2. The van der Waals surface area contributed by atoms with Gasteiger partial charge in [0, 0.05) is 12.1 Å². The Morgan fingerprint density at radius 3 is 2.67 bits per heavy atom. The fourth-order valence-electron chi connectivity index (χ4n) is 2.02. The van der Waals surface area contributed by atoms with Crippen molar-refractivity contribution in [3.63, 3.8) is 0 Å². The van der Waals surface area contributed by atoms with Gasteiger partial charge in [-0.3, -0.25) is 4.79 Å². The molecule has 102 valence electrons. The fraction of sp³-hybridized carbons (Fsp3) is 0.0588. The zero-order valence-electron chi connectivity index (χ0n) is 11.1. The van der Waals surface area contributed by atoms with Crippen molar-refractivity contribution in [3.8, 4) is 11.8 Å². The van der Waals surface area contributed by atoms with Gasteiger partial charge in [0.1, 0.15) is 24.0 Å². The normalized spacial score (nSPS) is 10.2. The molecule has 0 spiro atoms. The minimum atomic E-state index is -0.234. The monoisotopic (exact) mass is 277 g/mol. The lowest BCUT2D eigenvalue weighted by Gasteiger charge is -2.07. The first-order valence-corrected chi connectivity index (χ1v) is 6.41. The maximum absolute atomic E-state index is 11.8. The highest BCUT2D eigenvalue weighted by Crippen LogP contribution is 2.20. The molecule has 0 amide bonds. The number of fused-ring (bicyclic) bond motifs is 1. The molecule has 0 aliphatic heterocycles. The van der Waals surface area contributed by atoms with Crippen LogP contribution in [0.1, 0.15) is 11.3 Å². The van der Waals surface area contributed by atoms with Crippen LogP contribution in [0.5, 0.6) is 5.75 Å². The van der Waals surface area contributed by atoms with E-state index in [2.05, 4.69) is 0 Å². The van der Waals surface area contributed by atoms with Crippen LogP contribution < -0.4 is 10.2 Å². The predicted octanol–water partition coefficient (Wildman–Crippen LogP) is 3.24. The molecule has 0 aliphatic carbocycles. The summed E-state index contributed by atoms with van der Waals surface area (Å²) in [5.41, 5.74) is 1.16. The molecule has 1 aromatic heterocycles. The maximum atomic E-state index is 11.8. The lowest BCUT2D eigenvalue weighted by Crippen LogP contribution is -2.01. The van der Waals surface area contributed by atoms with Crippen molar-refractivity contribution >= 4 is 11.0 Å². The first-order chi connectivity index (χ1) is 10.3. The Morgan fingerprint density at radius 2 is 1.90 bits per heavy atom. The van der Waals surface area contributed by atoms with E-state index in [1.807, 2.05) is 36.4 Å². The Balaban J connectivity index is 1.90. The van der Waals surface area contributed by atoms with Crippen LogP contribution in [0.2, 0.25) is 0 Å². The Bertz CT molecular complexity index is 876. The summed E-state index contributed by atoms with van der Waals surface area (Å²) in [6.45, 7) is 0.425. The summed E-state index contributed by atoms with van der Waals surface area (Å²) >= 11 is 0. The maximum Gasteiger partial charge on any atom is 0.207 e. The molecule has 4 heteroatoms. The van der Waals surface area contributed by atoms with Gasteiger partial charge >= 0.3 is 0 Å². The van der Waals surface area contributed by atoms with Crippen LogP contribution in [0.3, 0.4) is 0 Å². The molecule has 1 heterocycles. The average Bonchev–Trinajstić information content (AvgIpc) is 2.53. The number of nitrogens with zero attached hydrogens (tertiary/aromatic N) is 1. The van der Waals surface area contributed by atoms with Gasteiger partial charge in [0.2, 0.25) is 5.76 Å². The SMILES string of the molecule is N#Cc1cc(=O)c2ccc(OCc3ccccc3)cc2o1. The van der Waals surface area contributed by atoms with Gasteiger partial charge in [0.05, 0.1) is 5.39 Å². The first-order valence-electron chi connectivity index (χ1n) is 6.41. The fourth-order valence-corrected chi connectivity index (χ4v) is 2.02. The molecule has 0 bridgehead atoms. The number of hydrogen-bond acceptors (Lipinski definition) is 4. The van der Waals surface area contributed by atoms with Crippen LogP contribution in [0.4, 0.5) is 0 Å². The van der Waals surface area contributed by atoms with Crippen LogP contribution in [0.15, 0.2) is 63.8 Å². The Morgan fingerprint density at radius 1 is 1.10 bits per heavy atom. The minimum Gasteiger partial charge on any atom is -0.489 e. The first kappa shape index (κ1) is 12.9. The molecule has 2 aromatic carbocycles. The number of rotatable bonds is 3. The summed E-state index contributed by atoms with van der Waals surface area (Å²) in [5.74, 6) is 0.581. The van der Waals surface area contributed by atoms with E-state index in [0.29, 0.717) is 23.3 Å². The van der Waals surface area contributed by atoms with Gasteiger partial charge in [0.15, 0.2) is 5.43 Å². The van der Waals surface area contributed by atoms with E-state index < -0.39 is 0 Å². The van der Waals surface area contributed by atoms with Crippen molar-refractivity contribution in [2.75, 3.05) is 0 Å². The summed E-state index contributed by atoms with van der Waals surface area (Å²) in [6, 6.07) is 17.8. The Kier molecular flexibility index (Phi) is 3.40. The van der Waals surface area contributed by atoms with E-state index in [9.17, 15) is 4.79 Å². The van der Waals surface area contributed by atoms with E-state index in [4.69, 9.17) is 14.4 Å². The van der Waals surface area contributed by atoms with Crippen LogP contribution in [-0.2, 0) is 6.61 Å². The zero-order chi connectivity index (χ0) is 14.7. The molecule has 3 aromatic rings. The lowest BCUT2D eigenvalue weighted by molar-refractivity contribution is 0.306. The summed E-state index contributed by atoms with van der Waals surface area (Å²) in [5, 5.41) is 9.26. The van der Waals surface area contributed by atoms with E-state index in [0.717, 1.165) is 5.56 Å². The van der Waals surface area contributed by atoms with Crippen molar-refractivity contribution in [3.05, 3.63) is 76.1 Å². The quantitative estimate of drug-likeness (QED) is 0.737. The van der Waals surface area contributed by atoms with Crippen molar-refractivity contribution in [1.29, 1.82) is 5.26 Å². The number of hydrogen-bond donors (Lipinski definition) is 0. The summed E-state index contributed by atoms with van der Waals surface area (Å²) < 4.78 is 11.0. The smallest absolute Gasteiger partial charge is 0.207 e. The highest BCUT2D eigenvalue weighted by atomic mass is 16.5. The predicted molar refractivity (Wildman–Crippen MR) is 78.0 cm³/mol. The van der Waals surface area contributed by atoms with Gasteiger partial charge in [-0.25, -0.2) is 0 Å². The highest BCUT2D eigenvalue weighted by Gasteiger charge is 2.06. The molecular formula is C17H11NO3. The zero-order valence-corrected chi connectivity index (χ0v) is 11.1. The van der Waals surface area contributed by atoms with E-state index >= 15 is 0 Å². The van der Waals surface area contributed by atoms with Crippen LogP contribution in [-0.4, -0.2) is 0 Å². The molecule has 0 aliphatic rings. The third-order valence-corrected chi connectivity index (χ3v) is 3.06. The van der Waals surface area contributed by atoms with Crippen molar-refractivity contribution in [2.24, 2.45) is 0 Å². The van der Waals surface area contributed by atoms with Crippen LogP contribution in [0, 0.1) is 11.3 Å². The Labute approximate surface area is 120 Å². The lowest BCUT2D eigenvalue weighted by atomic mass is 10.2. The third kappa shape index (κ3) is 2.77. The molecule has 0 fully saturated rings. The summed E-state index contributed by atoms with van der Waals surface area (Å²) in [6.07, 6.45) is 0. The van der Waals surface area contributed by atoms with E-state index in [1.54, 1.807) is 18.2 Å². The molecular weight excluding hydrogens is 266 g/mol. The molecule has 21 heavy (non-hydrogen) atoms. The number of ether oxygens (including phenoxy) is 1. The van der Waals surface area contributed by atoms with Gasteiger partial charge in [-0.05, 0) is 17.7 Å². The van der Waals surface area contributed by atoms with Gasteiger partial charge in [0.25, 0.3) is 0 Å². The molecule has 4 nitrogen and oxygen atoms in total. The van der Waals surface area contributed by atoms with Gasteiger partial charge in [-0.2, -0.15) is 5.26 Å². The molecule has 0 N–H and O–H groups in total. The second-order valence-corrected chi connectivity index (χ2v) is 4.52. The van der Waals surface area contributed by atoms with E-state index in [-0.39, 0.29) is 11.2 Å². The molecule has 0 saturated carbocycles. The largest absolute Gasteiger partial charge is 0.489 e. The molecule has 0 radical (unpaired) electrons. The highest BCUT2D eigenvalue weighted by molar-refractivity contribution is 5.78. The molecule has 3 rings (SSSR count). The summed E-state index contributed by atoms with van der Waals surface area (Å²) in [7, 11) is 0. The van der Waals surface area contributed by atoms with Crippen molar-refractivity contribution < 1.29 is 9.15 Å². The molecule has 0 saturated heterocycles.